The van der Waals surface area contributed by atoms with Crippen molar-refractivity contribution in [2.24, 2.45) is 0 Å². The first-order valence-electron chi connectivity index (χ1n) is 1.60. The minimum Gasteiger partial charge on any atom is -0.311 e. The van der Waals surface area contributed by atoms with Gasteiger partial charge in [0, 0.05) is 8.41 Å². The van der Waals surface area contributed by atoms with E-state index < -0.39 is 0 Å². The molecule has 0 aliphatic carbocycles. The summed E-state index contributed by atoms with van der Waals surface area (Å²) in [6.07, 6.45) is 0.931. The molecule has 1 aliphatic heterocycles. The molecule has 0 saturated carbocycles. The van der Waals surface area contributed by atoms with Crippen LogP contribution < -0.4 is 0 Å². The molecule has 1 aliphatic rings. The normalized spacial score (nSPS) is 18.7. The molecule has 1 rings (SSSR count). The van der Waals surface area contributed by atoms with Gasteiger partial charge in [0.15, 0.2) is 0 Å². The van der Waals surface area contributed by atoms with Gasteiger partial charge in [0.25, 0.3) is 0 Å². The summed E-state index contributed by atoms with van der Waals surface area (Å²) in [6.45, 7) is 0.722. The molecule has 1 saturated heterocycles. The Morgan fingerprint density at radius 3 is 2.50 bits per heavy atom. The minimum atomic E-state index is 0. The SMILES string of the molecule is [B].[B]1CCOO1. The van der Waals surface area contributed by atoms with Crippen molar-refractivity contribution in [1.29, 1.82) is 0 Å². The van der Waals surface area contributed by atoms with Crippen LogP contribution >= 0.6 is 0 Å². The van der Waals surface area contributed by atoms with E-state index >= 15 is 0 Å². The number of rotatable bonds is 0. The van der Waals surface area contributed by atoms with Gasteiger partial charge in [0.2, 0.25) is 0 Å². The fraction of sp³-hybridized carbons (Fsp3) is 1.00. The van der Waals surface area contributed by atoms with Crippen LogP contribution in [0.25, 0.3) is 0 Å². The molecule has 0 amide bonds. The lowest BCUT2D eigenvalue weighted by Crippen LogP contribution is -1.78. The lowest BCUT2D eigenvalue weighted by molar-refractivity contribution is -0.181. The zero-order chi connectivity index (χ0) is 3.54. The predicted molar refractivity (Wildman–Crippen MR) is 23.4 cm³/mol. The van der Waals surface area contributed by atoms with Crippen LogP contribution in [0.15, 0.2) is 0 Å². The summed E-state index contributed by atoms with van der Waals surface area (Å²) in [5.41, 5.74) is 0. The van der Waals surface area contributed by atoms with Crippen molar-refractivity contribution in [1.82, 2.24) is 0 Å². The Labute approximate surface area is 39.6 Å². The van der Waals surface area contributed by atoms with E-state index in [1.54, 1.807) is 7.48 Å². The van der Waals surface area contributed by atoms with E-state index in [9.17, 15) is 0 Å². The first-order chi connectivity index (χ1) is 2.50. The fourth-order valence-corrected chi connectivity index (χ4v) is 0.241. The Kier molecular flexibility index (Phi) is 3.27. The maximum Gasteiger partial charge on any atom is 0.346 e. The summed E-state index contributed by atoms with van der Waals surface area (Å²) >= 11 is 0. The van der Waals surface area contributed by atoms with Gasteiger partial charge in [0.1, 0.15) is 0 Å². The molecular weight excluding hydrogens is 77.6 g/mol. The summed E-state index contributed by atoms with van der Waals surface area (Å²) in [6, 6.07) is 0. The summed E-state index contributed by atoms with van der Waals surface area (Å²) in [5.74, 6) is 0. The Balaban J connectivity index is 0.000000250. The van der Waals surface area contributed by atoms with Crippen molar-refractivity contribution in [3.05, 3.63) is 0 Å². The third-order valence-corrected chi connectivity index (χ3v) is 0.455. The maximum absolute atomic E-state index is 4.39. The summed E-state index contributed by atoms with van der Waals surface area (Å²) < 4.78 is 0. The van der Waals surface area contributed by atoms with E-state index in [0.717, 1.165) is 12.9 Å². The third kappa shape index (κ3) is 1.48. The standard InChI is InChI=1S/C2H4BO2.B/c1-2-4-5-3-1;/h1-2H2;. The van der Waals surface area contributed by atoms with E-state index in [0.29, 0.717) is 0 Å². The predicted octanol–water partition coefficient (Wildman–Crippen LogP) is -0.395. The highest BCUT2D eigenvalue weighted by atomic mass is 17.2. The molecule has 0 atom stereocenters. The molecule has 2 nitrogen and oxygen atoms in total. The van der Waals surface area contributed by atoms with Gasteiger partial charge < -0.3 is 4.81 Å². The van der Waals surface area contributed by atoms with Crippen LogP contribution in [0.1, 0.15) is 0 Å². The van der Waals surface area contributed by atoms with Crippen molar-refractivity contribution < 1.29 is 9.69 Å². The third-order valence-electron chi connectivity index (χ3n) is 0.455. The molecule has 0 spiro atoms. The van der Waals surface area contributed by atoms with Crippen LogP contribution in [0.2, 0.25) is 6.32 Å². The maximum atomic E-state index is 4.39. The van der Waals surface area contributed by atoms with E-state index in [-0.39, 0.29) is 8.41 Å². The number of hydrogen-bond acceptors (Lipinski definition) is 2. The lowest BCUT2D eigenvalue weighted by Gasteiger charge is -1.79. The molecule has 1 fully saturated rings. The molecule has 0 unspecified atom stereocenters. The highest BCUT2D eigenvalue weighted by Crippen LogP contribution is 1.91. The van der Waals surface area contributed by atoms with Gasteiger partial charge in [-0.15, -0.1) is 0 Å². The van der Waals surface area contributed by atoms with Crippen molar-refractivity contribution in [3.8, 4) is 0 Å². The van der Waals surface area contributed by atoms with E-state index in [4.69, 9.17) is 0 Å². The minimum absolute atomic E-state index is 0. The Morgan fingerprint density at radius 2 is 2.33 bits per heavy atom. The van der Waals surface area contributed by atoms with Crippen LogP contribution in [0, 0.1) is 0 Å². The van der Waals surface area contributed by atoms with E-state index in [1.165, 1.54) is 0 Å². The van der Waals surface area contributed by atoms with Crippen LogP contribution in [-0.4, -0.2) is 22.5 Å². The van der Waals surface area contributed by atoms with Crippen molar-refractivity contribution in [2.45, 2.75) is 6.32 Å². The molecule has 6 heavy (non-hydrogen) atoms. The van der Waals surface area contributed by atoms with Crippen molar-refractivity contribution in [2.75, 3.05) is 6.61 Å². The first-order valence-corrected chi connectivity index (χ1v) is 1.60. The van der Waals surface area contributed by atoms with Crippen molar-refractivity contribution >= 4 is 15.9 Å². The van der Waals surface area contributed by atoms with Gasteiger partial charge in [-0.05, 0) is 6.32 Å². The Morgan fingerprint density at radius 1 is 1.50 bits per heavy atom. The van der Waals surface area contributed by atoms with Crippen molar-refractivity contribution in [3.63, 3.8) is 0 Å². The van der Waals surface area contributed by atoms with Gasteiger partial charge in [-0.2, -0.15) is 0 Å². The molecule has 1 heterocycles. The van der Waals surface area contributed by atoms with Crippen LogP contribution in [0.5, 0.6) is 0 Å². The topological polar surface area (TPSA) is 18.5 Å². The first kappa shape index (κ1) is 6.05. The second kappa shape index (κ2) is 3.25. The lowest BCUT2D eigenvalue weighted by atomic mass is 9.99. The zero-order valence-corrected chi connectivity index (χ0v) is 3.39. The second-order valence-corrected chi connectivity index (χ2v) is 0.874. The van der Waals surface area contributed by atoms with Crippen LogP contribution in [0.3, 0.4) is 0 Å². The fourth-order valence-electron chi connectivity index (χ4n) is 0.241. The largest absolute Gasteiger partial charge is 0.346 e. The molecule has 0 aromatic carbocycles. The summed E-state index contributed by atoms with van der Waals surface area (Å²) in [4.78, 5) is 8.71. The van der Waals surface area contributed by atoms with Gasteiger partial charge in [-0.3, -0.25) is 4.89 Å². The molecule has 0 N–H and O–H groups in total. The Bertz CT molecular complexity index is 21.1. The average Bonchev–Trinajstić information content (AvgIpc) is 1.76. The molecule has 0 aromatic rings. The number of hydrogen-bond donors (Lipinski definition) is 0. The second-order valence-electron chi connectivity index (χ2n) is 0.874. The monoisotopic (exact) mass is 82.0 g/mol. The highest BCUT2D eigenvalue weighted by Gasteiger charge is 2.00. The van der Waals surface area contributed by atoms with E-state index in [1.807, 2.05) is 0 Å². The summed E-state index contributed by atoms with van der Waals surface area (Å²) in [7, 11) is 1.64. The molecular formula is C2H4B2O2. The quantitative estimate of drug-likeness (QED) is 0.292. The highest BCUT2D eigenvalue weighted by molar-refractivity contribution is 6.27. The van der Waals surface area contributed by atoms with E-state index in [2.05, 4.69) is 9.69 Å². The smallest absolute Gasteiger partial charge is 0.311 e. The van der Waals surface area contributed by atoms with Gasteiger partial charge in [0.05, 0.1) is 6.61 Å². The Hall–Kier alpha value is 0.0499. The average molecular weight is 81.7 g/mol. The molecule has 0 aromatic heterocycles. The zero-order valence-electron chi connectivity index (χ0n) is 3.39. The summed E-state index contributed by atoms with van der Waals surface area (Å²) in [5, 5.41) is 0. The molecule has 30 valence electrons. The molecule has 4 radical (unpaired) electrons. The van der Waals surface area contributed by atoms with Gasteiger partial charge in [-0.25, -0.2) is 0 Å². The van der Waals surface area contributed by atoms with Crippen LogP contribution in [0.4, 0.5) is 0 Å². The van der Waals surface area contributed by atoms with Gasteiger partial charge in [-0.1, -0.05) is 0 Å². The molecule has 0 bridgehead atoms. The molecule has 4 heteroatoms. The van der Waals surface area contributed by atoms with Gasteiger partial charge >= 0.3 is 7.48 Å². The van der Waals surface area contributed by atoms with Crippen LogP contribution in [-0.2, 0) is 9.69 Å².